The number of allylic oxidation sites excluding steroid dienone is 2. The Morgan fingerprint density at radius 1 is 1.08 bits per heavy atom. The Balaban J connectivity index is 2.01. The second-order valence-corrected chi connectivity index (χ2v) is 9.47. The molecule has 2 aromatic carbocycles. The second kappa shape index (κ2) is 10.7. The zero-order chi connectivity index (χ0) is 26.1. The molecule has 4 N–H and O–H groups in total. The van der Waals surface area contributed by atoms with Gasteiger partial charge in [0.25, 0.3) is 0 Å². The zero-order valence-corrected chi connectivity index (χ0v) is 20.8. The molecule has 0 unspecified atom stereocenters. The number of hydrogen-bond donors (Lipinski definition) is 5. The monoisotopic (exact) mass is 528 g/mol. The fraction of sp³-hybridized carbons (Fsp3) is 0.308. The molecular formula is C26H25ClN2O6S. The van der Waals surface area contributed by atoms with Crippen molar-refractivity contribution in [2.24, 2.45) is 0 Å². The Kier molecular flexibility index (Phi) is 7.87. The summed E-state index contributed by atoms with van der Waals surface area (Å²) in [4.78, 5) is 14.6. The number of rotatable bonds is 5. The van der Waals surface area contributed by atoms with Crippen molar-refractivity contribution in [1.82, 2.24) is 4.90 Å². The summed E-state index contributed by atoms with van der Waals surface area (Å²) in [6.07, 6.45) is -7.49. The highest BCUT2D eigenvalue weighted by molar-refractivity contribution is 7.84. The Labute approximate surface area is 218 Å². The molecule has 0 aromatic heterocycles. The van der Waals surface area contributed by atoms with Gasteiger partial charge in [-0.05, 0) is 30.2 Å². The molecule has 0 saturated carbocycles. The van der Waals surface area contributed by atoms with Gasteiger partial charge < -0.3 is 30.1 Å². The lowest BCUT2D eigenvalue weighted by molar-refractivity contribution is -0.252. The van der Waals surface area contributed by atoms with Crippen molar-refractivity contribution in [2.75, 3.05) is 6.61 Å². The van der Waals surface area contributed by atoms with Crippen LogP contribution in [0.2, 0.25) is 5.02 Å². The van der Waals surface area contributed by atoms with E-state index in [1.165, 1.54) is 11.8 Å². The highest BCUT2D eigenvalue weighted by atomic mass is 35.5. The van der Waals surface area contributed by atoms with Gasteiger partial charge in [-0.2, -0.15) is 5.26 Å². The number of benzene rings is 2. The van der Waals surface area contributed by atoms with Crippen LogP contribution >= 0.6 is 24.2 Å². The van der Waals surface area contributed by atoms with Crippen LogP contribution in [0.5, 0.6) is 0 Å². The largest absolute Gasteiger partial charge is 0.394 e. The zero-order valence-electron chi connectivity index (χ0n) is 19.2. The molecule has 4 rings (SSSR count). The van der Waals surface area contributed by atoms with Crippen molar-refractivity contribution in [1.29, 1.82) is 5.26 Å². The van der Waals surface area contributed by atoms with Gasteiger partial charge in [-0.1, -0.05) is 54.1 Å². The number of aliphatic hydroxyl groups is 4. The van der Waals surface area contributed by atoms with Crippen molar-refractivity contribution in [2.45, 2.75) is 43.5 Å². The summed E-state index contributed by atoms with van der Waals surface area (Å²) < 4.78 is 5.83. The molecule has 1 fully saturated rings. The molecule has 8 nitrogen and oxygen atoms in total. The first-order chi connectivity index (χ1) is 17.2. The third-order valence-corrected chi connectivity index (χ3v) is 7.12. The van der Waals surface area contributed by atoms with E-state index in [4.69, 9.17) is 16.3 Å². The first-order valence-corrected chi connectivity index (χ1v) is 12.0. The number of ether oxygens (including phenoxy) is 1. The van der Waals surface area contributed by atoms with Crippen molar-refractivity contribution in [3.8, 4) is 6.07 Å². The molecule has 0 amide bonds. The fourth-order valence-corrected chi connectivity index (χ4v) is 5.20. The van der Waals surface area contributed by atoms with Crippen LogP contribution < -0.4 is 0 Å². The highest BCUT2D eigenvalue weighted by Gasteiger charge is 2.49. The van der Waals surface area contributed by atoms with Gasteiger partial charge in [0.15, 0.2) is 12.0 Å². The quantitative estimate of drug-likeness (QED) is 0.373. The Morgan fingerprint density at radius 2 is 1.72 bits per heavy atom. The molecule has 36 heavy (non-hydrogen) atoms. The SMILES string of the molecule is CC(=O)C1=C(c2ccccc2)N([C@H]2O[C@@H](CO)[C@@H](O)[C@@H](O)[C@H]2O)C(S)=C(C#N)[C@H]1c1ccc(Cl)cc1. The summed E-state index contributed by atoms with van der Waals surface area (Å²) in [5.41, 5.74) is 1.88. The average molecular weight is 529 g/mol. The van der Waals surface area contributed by atoms with Crippen LogP contribution in [-0.2, 0) is 9.53 Å². The minimum Gasteiger partial charge on any atom is -0.394 e. The molecule has 0 spiro atoms. The van der Waals surface area contributed by atoms with Crippen LogP contribution in [0.15, 0.2) is 70.8 Å². The Morgan fingerprint density at radius 3 is 2.28 bits per heavy atom. The van der Waals surface area contributed by atoms with E-state index in [0.29, 0.717) is 21.8 Å². The summed E-state index contributed by atoms with van der Waals surface area (Å²) >= 11 is 10.7. The lowest BCUT2D eigenvalue weighted by atomic mass is 9.78. The molecular weight excluding hydrogens is 504 g/mol. The van der Waals surface area contributed by atoms with Crippen LogP contribution in [0.1, 0.15) is 24.0 Å². The van der Waals surface area contributed by atoms with Crippen LogP contribution in [0.25, 0.3) is 5.70 Å². The van der Waals surface area contributed by atoms with E-state index in [1.54, 1.807) is 54.6 Å². The van der Waals surface area contributed by atoms with E-state index in [-0.39, 0.29) is 22.0 Å². The highest BCUT2D eigenvalue weighted by Crippen LogP contribution is 2.48. The van der Waals surface area contributed by atoms with Crippen molar-refractivity contribution >= 4 is 35.7 Å². The maximum Gasteiger partial charge on any atom is 0.164 e. The third-order valence-electron chi connectivity index (χ3n) is 6.41. The van der Waals surface area contributed by atoms with E-state index in [2.05, 4.69) is 18.7 Å². The second-order valence-electron chi connectivity index (χ2n) is 8.61. The summed E-state index contributed by atoms with van der Waals surface area (Å²) in [5.74, 6) is -1.13. The predicted octanol–water partition coefficient (Wildman–Crippen LogP) is 2.20. The Hall–Kier alpha value is -2.68. The van der Waals surface area contributed by atoms with Gasteiger partial charge in [0.2, 0.25) is 0 Å². The number of carbonyl (C=O) groups excluding carboxylic acids is 1. The van der Waals surface area contributed by atoms with Gasteiger partial charge in [-0.25, -0.2) is 0 Å². The van der Waals surface area contributed by atoms with E-state index >= 15 is 0 Å². The lowest BCUT2D eigenvalue weighted by Gasteiger charge is -2.48. The number of thiol groups is 1. The number of aliphatic hydroxyl groups excluding tert-OH is 4. The number of carbonyl (C=O) groups is 1. The predicted molar refractivity (Wildman–Crippen MR) is 135 cm³/mol. The van der Waals surface area contributed by atoms with Crippen molar-refractivity contribution in [3.63, 3.8) is 0 Å². The van der Waals surface area contributed by atoms with Gasteiger partial charge >= 0.3 is 0 Å². The van der Waals surface area contributed by atoms with Crippen molar-refractivity contribution < 1.29 is 30.0 Å². The maximum absolute atomic E-state index is 13.2. The van der Waals surface area contributed by atoms with Crippen LogP contribution in [-0.4, -0.2) is 68.4 Å². The van der Waals surface area contributed by atoms with Crippen molar-refractivity contribution in [3.05, 3.63) is 86.9 Å². The summed E-state index contributed by atoms with van der Waals surface area (Å²) in [5, 5.41) is 52.2. The molecule has 188 valence electrons. The number of ketones is 1. The molecule has 2 aliphatic rings. The lowest BCUT2D eigenvalue weighted by Crippen LogP contribution is -2.62. The molecule has 0 bridgehead atoms. The minimum atomic E-state index is -1.67. The molecule has 0 radical (unpaired) electrons. The number of Topliss-reactive ketones (excluding diaryl/α,β-unsaturated/α-hetero) is 1. The minimum absolute atomic E-state index is 0.0885. The molecule has 2 heterocycles. The molecule has 0 aliphatic carbocycles. The van der Waals surface area contributed by atoms with Crippen LogP contribution in [0, 0.1) is 11.3 Å². The van der Waals surface area contributed by atoms with Gasteiger partial charge in [-0.3, -0.25) is 4.79 Å². The summed E-state index contributed by atoms with van der Waals surface area (Å²) in [6.45, 7) is 0.745. The molecule has 6 atom stereocenters. The number of nitrogens with zero attached hydrogens (tertiary/aromatic N) is 2. The van der Waals surface area contributed by atoms with E-state index in [0.717, 1.165) is 0 Å². The molecule has 2 aliphatic heterocycles. The van der Waals surface area contributed by atoms with E-state index in [1.807, 2.05) is 0 Å². The first-order valence-electron chi connectivity index (χ1n) is 11.2. The topological polar surface area (TPSA) is 134 Å². The number of hydrogen-bond acceptors (Lipinski definition) is 9. The standard InChI is InChI=1S/C26H25ClN2O6S/c1-13(31)19-20(14-7-9-16(27)10-8-14)17(11-28)26(36)29(21(19)15-5-3-2-4-6-15)25-24(34)23(33)22(32)18(12-30)35-25/h2-10,18,20,22-25,30,32-34,36H,12H2,1H3/t18-,20+,22+,23+,24+,25-/m0/s1. The maximum atomic E-state index is 13.2. The third kappa shape index (κ3) is 4.58. The molecule has 10 heteroatoms. The molecule has 2 aromatic rings. The van der Waals surface area contributed by atoms with Gasteiger partial charge in [0.1, 0.15) is 24.4 Å². The normalized spacial score (nSPS) is 28.8. The van der Waals surface area contributed by atoms with Gasteiger partial charge in [-0.15, -0.1) is 12.6 Å². The number of nitriles is 1. The summed E-state index contributed by atoms with van der Waals surface area (Å²) in [6, 6.07) is 17.8. The van der Waals surface area contributed by atoms with Crippen LogP contribution in [0.3, 0.4) is 0 Å². The Bertz CT molecular complexity index is 1240. The van der Waals surface area contributed by atoms with E-state index < -0.39 is 43.2 Å². The van der Waals surface area contributed by atoms with E-state index in [9.17, 15) is 30.5 Å². The fourth-order valence-electron chi connectivity index (χ4n) is 4.68. The van der Waals surface area contributed by atoms with Gasteiger partial charge in [0.05, 0.1) is 34.9 Å². The smallest absolute Gasteiger partial charge is 0.164 e. The molecule has 1 saturated heterocycles. The first kappa shape index (κ1) is 26.4. The summed E-state index contributed by atoms with van der Waals surface area (Å²) in [7, 11) is 0. The van der Waals surface area contributed by atoms with Crippen LogP contribution in [0.4, 0.5) is 0 Å². The van der Waals surface area contributed by atoms with Gasteiger partial charge in [0, 0.05) is 10.6 Å². The number of halogens is 1. The average Bonchev–Trinajstić information content (AvgIpc) is 2.88.